The van der Waals surface area contributed by atoms with E-state index in [2.05, 4.69) is 10.3 Å². The van der Waals surface area contributed by atoms with Gasteiger partial charge in [0.25, 0.3) is 0 Å². The molecule has 142 valence electrons. The number of likely N-dealkylation sites (tertiary alicyclic amines) is 1. The van der Waals surface area contributed by atoms with Crippen molar-refractivity contribution in [2.75, 3.05) is 13.1 Å². The fourth-order valence-electron chi connectivity index (χ4n) is 2.97. The van der Waals surface area contributed by atoms with Gasteiger partial charge in [-0.25, -0.2) is 9.78 Å². The van der Waals surface area contributed by atoms with Gasteiger partial charge in [-0.15, -0.1) is 0 Å². The van der Waals surface area contributed by atoms with E-state index in [1.807, 2.05) is 38.1 Å². The molecule has 1 aliphatic heterocycles. The van der Waals surface area contributed by atoms with Gasteiger partial charge >= 0.3 is 6.03 Å². The SMILES string of the molecule is Cc1ccc(C)c(Oc2ccc(CNC(=O)N3CC[C@H](C(N)=O)C3)cn2)c1. The van der Waals surface area contributed by atoms with Crippen molar-refractivity contribution < 1.29 is 14.3 Å². The Balaban J connectivity index is 1.53. The number of carbonyl (C=O) groups is 2. The van der Waals surface area contributed by atoms with E-state index in [9.17, 15) is 9.59 Å². The van der Waals surface area contributed by atoms with Crippen LogP contribution in [0.3, 0.4) is 0 Å². The third kappa shape index (κ3) is 4.75. The highest BCUT2D eigenvalue weighted by Crippen LogP contribution is 2.24. The van der Waals surface area contributed by atoms with Crippen LogP contribution in [0, 0.1) is 19.8 Å². The topological polar surface area (TPSA) is 97.5 Å². The molecule has 1 atom stereocenters. The molecule has 0 spiro atoms. The number of urea groups is 1. The Bertz CT molecular complexity index is 836. The third-order valence-corrected chi connectivity index (χ3v) is 4.68. The number of nitrogens with two attached hydrogens (primary N) is 1. The van der Waals surface area contributed by atoms with Gasteiger partial charge in [0, 0.05) is 31.9 Å². The van der Waals surface area contributed by atoms with Crippen molar-refractivity contribution in [3.05, 3.63) is 53.2 Å². The molecule has 7 heteroatoms. The largest absolute Gasteiger partial charge is 0.439 e. The van der Waals surface area contributed by atoms with Crippen molar-refractivity contribution in [3.8, 4) is 11.6 Å². The second-order valence-corrected chi connectivity index (χ2v) is 6.87. The van der Waals surface area contributed by atoms with Gasteiger partial charge in [0.1, 0.15) is 5.75 Å². The summed E-state index contributed by atoms with van der Waals surface area (Å²) < 4.78 is 5.84. The summed E-state index contributed by atoms with van der Waals surface area (Å²) in [6, 6.07) is 9.46. The lowest BCUT2D eigenvalue weighted by Crippen LogP contribution is -2.39. The van der Waals surface area contributed by atoms with Gasteiger partial charge in [-0.3, -0.25) is 4.79 Å². The van der Waals surface area contributed by atoms with Gasteiger partial charge in [-0.05, 0) is 43.0 Å². The Hall–Kier alpha value is -3.09. The van der Waals surface area contributed by atoms with Crippen molar-refractivity contribution in [1.29, 1.82) is 0 Å². The molecule has 2 heterocycles. The first-order chi connectivity index (χ1) is 12.9. The van der Waals surface area contributed by atoms with Gasteiger partial charge in [-0.2, -0.15) is 0 Å². The Labute approximate surface area is 158 Å². The van der Waals surface area contributed by atoms with Crippen molar-refractivity contribution in [2.24, 2.45) is 11.7 Å². The van der Waals surface area contributed by atoms with Gasteiger partial charge in [0.15, 0.2) is 0 Å². The van der Waals surface area contributed by atoms with Crippen LogP contribution in [-0.4, -0.2) is 34.9 Å². The number of amides is 3. The van der Waals surface area contributed by atoms with E-state index in [1.165, 1.54) is 0 Å². The molecule has 27 heavy (non-hydrogen) atoms. The standard InChI is InChI=1S/C20H24N4O3/c1-13-3-4-14(2)17(9-13)27-18-6-5-15(10-22-18)11-23-20(26)24-8-7-16(12-24)19(21)25/h3-6,9-10,16H,7-8,11-12H2,1-2H3,(H2,21,25)(H,23,26)/t16-/m0/s1. The summed E-state index contributed by atoms with van der Waals surface area (Å²) in [4.78, 5) is 29.3. The fraction of sp³-hybridized carbons (Fsp3) is 0.350. The molecule has 1 fully saturated rings. The monoisotopic (exact) mass is 368 g/mol. The smallest absolute Gasteiger partial charge is 0.317 e. The summed E-state index contributed by atoms with van der Waals surface area (Å²) in [6.45, 7) is 5.27. The molecule has 1 aromatic carbocycles. The summed E-state index contributed by atoms with van der Waals surface area (Å²) in [5.41, 5.74) is 8.32. The Morgan fingerprint density at radius 1 is 1.30 bits per heavy atom. The van der Waals surface area contributed by atoms with Crippen molar-refractivity contribution >= 4 is 11.9 Å². The number of benzene rings is 1. The molecule has 3 N–H and O–H groups in total. The van der Waals surface area contributed by atoms with Crippen LogP contribution in [0.25, 0.3) is 0 Å². The lowest BCUT2D eigenvalue weighted by atomic mass is 10.1. The summed E-state index contributed by atoms with van der Waals surface area (Å²) in [5, 5.41) is 2.84. The number of primary amides is 1. The Kier molecular flexibility index (Phi) is 5.59. The maximum Gasteiger partial charge on any atom is 0.317 e. The zero-order valence-electron chi connectivity index (χ0n) is 15.6. The second-order valence-electron chi connectivity index (χ2n) is 6.87. The average molecular weight is 368 g/mol. The number of nitrogens with zero attached hydrogens (tertiary/aromatic N) is 2. The van der Waals surface area contributed by atoms with Crippen LogP contribution in [0.2, 0.25) is 0 Å². The zero-order valence-corrected chi connectivity index (χ0v) is 15.6. The average Bonchev–Trinajstić information content (AvgIpc) is 3.14. The van der Waals surface area contributed by atoms with E-state index in [0.29, 0.717) is 31.9 Å². The summed E-state index contributed by atoms with van der Waals surface area (Å²) in [7, 11) is 0. The molecule has 1 aromatic heterocycles. The van der Waals surface area contributed by atoms with Crippen LogP contribution in [0.1, 0.15) is 23.1 Å². The molecule has 1 saturated heterocycles. The molecular formula is C20H24N4O3. The minimum Gasteiger partial charge on any atom is -0.439 e. The molecule has 1 aliphatic rings. The predicted octanol–water partition coefficient (Wildman–Crippen LogP) is 2.51. The van der Waals surface area contributed by atoms with Gasteiger partial charge < -0.3 is 20.7 Å². The fourth-order valence-corrected chi connectivity index (χ4v) is 2.97. The first kappa shape index (κ1) is 18.7. The molecule has 0 unspecified atom stereocenters. The van der Waals surface area contributed by atoms with Crippen LogP contribution in [0.5, 0.6) is 11.6 Å². The van der Waals surface area contributed by atoms with Crippen LogP contribution in [-0.2, 0) is 11.3 Å². The first-order valence-corrected chi connectivity index (χ1v) is 8.94. The summed E-state index contributed by atoms with van der Waals surface area (Å²) >= 11 is 0. The minimum absolute atomic E-state index is 0.200. The van der Waals surface area contributed by atoms with Crippen molar-refractivity contribution in [1.82, 2.24) is 15.2 Å². The molecule has 3 rings (SSSR count). The molecule has 0 saturated carbocycles. The van der Waals surface area contributed by atoms with Crippen LogP contribution < -0.4 is 15.8 Å². The maximum absolute atomic E-state index is 12.2. The lowest BCUT2D eigenvalue weighted by molar-refractivity contribution is -0.121. The van der Waals surface area contributed by atoms with E-state index in [-0.39, 0.29) is 17.9 Å². The quantitative estimate of drug-likeness (QED) is 0.847. The number of aryl methyl sites for hydroxylation is 2. The van der Waals surface area contributed by atoms with E-state index in [4.69, 9.17) is 10.5 Å². The van der Waals surface area contributed by atoms with Crippen molar-refractivity contribution in [3.63, 3.8) is 0 Å². The predicted molar refractivity (Wildman–Crippen MR) is 101 cm³/mol. The third-order valence-electron chi connectivity index (χ3n) is 4.68. The van der Waals surface area contributed by atoms with E-state index in [0.717, 1.165) is 22.4 Å². The molecule has 2 aromatic rings. The second kappa shape index (κ2) is 8.07. The van der Waals surface area contributed by atoms with Crippen LogP contribution >= 0.6 is 0 Å². The van der Waals surface area contributed by atoms with E-state index in [1.54, 1.807) is 17.2 Å². The zero-order chi connectivity index (χ0) is 19.4. The highest BCUT2D eigenvalue weighted by molar-refractivity contribution is 5.80. The Morgan fingerprint density at radius 3 is 2.78 bits per heavy atom. The van der Waals surface area contributed by atoms with Gasteiger partial charge in [0.2, 0.25) is 11.8 Å². The maximum atomic E-state index is 12.2. The highest BCUT2D eigenvalue weighted by Gasteiger charge is 2.29. The number of pyridine rings is 1. The highest BCUT2D eigenvalue weighted by atomic mass is 16.5. The number of aromatic nitrogens is 1. The van der Waals surface area contributed by atoms with Crippen molar-refractivity contribution in [2.45, 2.75) is 26.8 Å². The summed E-state index contributed by atoms with van der Waals surface area (Å²) in [5.74, 6) is 0.678. The van der Waals surface area contributed by atoms with Gasteiger partial charge in [0.05, 0.1) is 5.92 Å². The van der Waals surface area contributed by atoms with E-state index >= 15 is 0 Å². The number of nitrogens with one attached hydrogen (secondary N) is 1. The Morgan fingerprint density at radius 2 is 2.11 bits per heavy atom. The number of hydrogen-bond acceptors (Lipinski definition) is 4. The molecule has 7 nitrogen and oxygen atoms in total. The number of ether oxygens (including phenoxy) is 1. The molecule has 0 bridgehead atoms. The number of carbonyl (C=O) groups excluding carboxylic acids is 2. The normalized spacial score (nSPS) is 16.2. The number of rotatable bonds is 5. The summed E-state index contributed by atoms with van der Waals surface area (Å²) in [6.07, 6.45) is 2.30. The van der Waals surface area contributed by atoms with E-state index < -0.39 is 0 Å². The van der Waals surface area contributed by atoms with Gasteiger partial charge in [-0.1, -0.05) is 18.2 Å². The molecule has 0 aliphatic carbocycles. The van der Waals surface area contributed by atoms with Crippen LogP contribution in [0.4, 0.5) is 4.79 Å². The molecule has 3 amide bonds. The number of hydrogen-bond donors (Lipinski definition) is 2. The lowest BCUT2D eigenvalue weighted by Gasteiger charge is -2.17. The minimum atomic E-state index is -0.353. The first-order valence-electron chi connectivity index (χ1n) is 8.94. The molecule has 0 radical (unpaired) electrons. The van der Waals surface area contributed by atoms with Crippen LogP contribution in [0.15, 0.2) is 36.5 Å². The molecular weight excluding hydrogens is 344 g/mol.